The molecule has 1 aromatic heterocycles. The summed E-state index contributed by atoms with van der Waals surface area (Å²) in [7, 11) is 1.60. The molecule has 0 aliphatic rings. The van der Waals surface area contributed by atoms with E-state index in [-0.39, 0.29) is 12.2 Å². The summed E-state index contributed by atoms with van der Waals surface area (Å²) < 4.78 is 7.27. The summed E-state index contributed by atoms with van der Waals surface area (Å²) in [4.78, 5) is 23.7. The number of rotatable bonds is 3. The highest BCUT2D eigenvalue weighted by Gasteiger charge is 2.03. The van der Waals surface area contributed by atoms with Crippen molar-refractivity contribution in [1.29, 1.82) is 5.26 Å². The van der Waals surface area contributed by atoms with E-state index >= 15 is 0 Å². The molecule has 0 radical (unpaired) electrons. The molecule has 0 saturated carbocycles. The quantitative estimate of drug-likeness (QED) is 0.773. The Hall–Kier alpha value is -2.65. The van der Waals surface area contributed by atoms with E-state index in [9.17, 15) is 9.59 Å². The minimum atomic E-state index is -0.475. The lowest BCUT2D eigenvalue weighted by atomic mass is 10.1. The van der Waals surface area contributed by atoms with Gasteiger partial charge in [0.15, 0.2) is 0 Å². The van der Waals surface area contributed by atoms with E-state index in [1.165, 1.54) is 22.0 Å². The molecule has 6 heteroatoms. The first-order valence-corrected chi connectivity index (χ1v) is 7.43. The van der Waals surface area contributed by atoms with Crippen LogP contribution in [0.25, 0.3) is 12.2 Å². The summed E-state index contributed by atoms with van der Waals surface area (Å²) in [5, 5.41) is 8.90. The van der Waals surface area contributed by atoms with E-state index in [4.69, 9.17) is 10.00 Å². The standard InChI is InChI=1S/C16H14N2O3S/c1-3-21-15(19)9-14-18(2)16(20)13(22-14)8-11-5-4-6-12(7-11)10-17/h4-9H,3H2,1-2H3/b13-8-,14-9-. The third kappa shape index (κ3) is 3.51. The van der Waals surface area contributed by atoms with Crippen LogP contribution >= 0.6 is 11.3 Å². The number of nitriles is 1. The van der Waals surface area contributed by atoms with Gasteiger partial charge in [-0.1, -0.05) is 12.1 Å². The summed E-state index contributed by atoms with van der Waals surface area (Å²) in [6.07, 6.45) is 3.01. The molecule has 22 heavy (non-hydrogen) atoms. The Morgan fingerprint density at radius 2 is 2.27 bits per heavy atom. The lowest BCUT2D eigenvalue weighted by Crippen LogP contribution is -2.29. The van der Waals surface area contributed by atoms with Crippen LogP contribution in [0.2, 0.25) is 0 Å². The summed E-state index contributed by atoms with van der Waals surface area (Å²) in [6.45, 7) is 2.01. The normalized spacial score (nSPS) is 12.2. The Kier molecular flexibility index (Phi) is 4.92. The molecule has 0 amide bonds. The van der Waals surface area contributed by atoms with E-state index in [0.717, 1.165) is 5.56 Å². The van der Waals surface area contributed by atoms with Crippen molar-refractivity contribution in [3.63, 3.8) is 0 Å². The summed E-state index contributed by atoms with van der Waals surface area (Å²) in [6, 6.07) is 9.03. The van der Waals surface area contributed by atoms with Gasteiger partial charge in [0.2, 0.25) is 0 Å². The number of carbonyl (C=O) groups is 1. The van der Waals surface area contributed by atoms with Crippen molar-refractivity contribution >= 4 is 29.5 Å². The maximum absolute atomic E-state index is 12.2. The first kappa shape index (κ1) is 15.7. The molecule has 1 aromatic carbocycles. The van der Waals surface area contributed by atoms with Crippen molar-refractivity contribution in [3.8, 4) is 6.07 Å². The molecule has 5 nitrogen and oxygen atoms in total. The molecule has 2 rings (SSSR count). The van der Waals surface area contributed by atoms with Crippen LogP contribution in [0.15, 0.2) is 29.1 Å². The van der Waals surface area contributed by atoms with Gasteiger partial charge in [0.25, 0.3) is 5.56 Å². The molecule has 0 saturated heterocycles. The lowest BCUT2D eigenvalue weighted by Gasteiger charge is -1.93. The van der Waals surface area contributed by atoms with Crippen LogP contribution in [0.4, 0.5) is 0 Å². The molecule has 0 unspecified atom stereocenters. The smallest absolute Gasteiger partial charge is 0.333 e. The predicted molar refractivity (Wildman–Crippen MR) is 84.6 cm³/mol. The Morgan fingerprint density at radius 3 is 2.95 bits per heavy atom. The van der Waals surface area contributed by atoms with Crippen LogP contribution < -0.4 is 14.8 Å². The summed E-state index contributed by atoms with van der Waals surface area (Å²) in [5.74, 6) is -0.475. The fourth-order valence-electron chi connectivity index (χ4n) is 1.84. The number of hydrogen-bond donors (Lipinski definition) is 0. The van der Waals surface area contributed by atoms with E-state index in [1.54, 1.807) is 38.2 Å². The zero-order valence-electron chi connectivity index (χ0n) is 12.2. The Morgan fingerprint density at radius 1 is 1.50 bits per heavy atom. The highest BCUT2D eigenvalue weighted by molar-refractivity contribution is 7.07. The molecule has 0 aliphatic carbocycles. The number of hydrogen-bond acceptors (Lipinski definition) is 5. The molecule has 0 atom stereocenters. The fourth-order valence-corrected chi connectivity index (χ4v) is 2.86. The number of ether oxygens (including phenoxy) is 1. The third-order valence-corrected chi connectivity index (χ3v) is 4.02. The Balaban J connectivity index is 2.54. The minimum Gasteiger partial charge on any atom is -0.463 e. The van der Waals surface area contributed by atoms with E-state index < -0.39 is 5.97 Å². The van der Waals surface area contributed by atoms with Crippen LogP contribution in [0.5, 0.6) is 0 Å². The topological polar surface area (TPSA) is 72.1 Å². The van der Waals surface area contributed by atoms with Crippen LogP contribution in [0.3, 0.4) is 0 Å². The highest BCUT2D eigenvalue weighted by Crippen LogP contribution is 2.04. The SMILES string of the molecule is CCOC(=O)/C=c1\s/c(=C\c2cccc(C#N)c2)c(=O)n1C. The second-order valence-corrected chi connectivity index (χ2v) is 5.51. The number of thiazole rings is 1. The molecule has 0 N–H and O–H groups in total. The van der Waals surface area contributed by atoms with Gasteiger partial charge < -0.3 is 9.30 Å². The number of esters is 1. The zero-order valence-corrected chi connectivity index (χ0v) is 13.0. The van der Waals surface area contributed by atoms with Gasteiger partial charge in [-0.3, -0.25) is 4.79 Å². The second kappa shape index (κ2) is 6.87. The molecule has 1 heterocycles. The van der Waals surface area contributed by atoms with Crippen molar-refractivity contribution in [1.82, 2.24) is 4.57 Å². The van der Waals surface area contributed by atoms with Crippen LogP contribution in [0.1, 0.15) is 18.1 Å². The van der Waals surface area contributed by atoms with Crippen molar-refractivity contribution in [2.24, 2.45) is 7.05 Å². The molecular formula is C16H14N2O3S. The van der Waals surface area contributed by atoms with Crippen LogP contribution in [0, 0.1) is 11.3 Å². The Bertz CT molecular complexity index is 916. The van der Waals surface area contributed by atoms with Gasteiger partial charge in [0.05, 0.1) is 28.8 Å². The average Bonchev–Trinajstić information content (AvgIpc) is 2.76. The average molecular weight is 314 g/mol. The largest absolute Gasteiger partial charge is 0.463 e. The molecule has 0 bridgehead atoms. The molecule has 0 aliphatic heterocycles. The van der Waals surface area contributed by atoms with Crippen molar-refractivity contribution in [2.45, 2.75) is 6.92 Å². The van der Waals surface area contributed by atoms with Crippen LogP contribution in [-0.2, 0) is 16.6 Å². The minimum absolute atomic E-state index is 0.192. The van der Waals surface area contributed by atoms with Crippen LogP contribution in [-0.4, -0.2) is 17.1 Å². The maximum Gasteiger partial charge on any atom is 0.333 e. The summed E-state index contributed by atoms with van der Waals surface area (Å²) >= 11 is 1.20. The molecule has 112 valence electrons. The molecule has 2 aromatic rings. The fraction of sp³-hybridized carbons (Fsp3) is 0.188. The number of carbonyl (C=O) groups excluding carboxylic acids is 1. The van der Waals surface area contributed by atoms with Gasteiger partial charge in [-0.2, -0.15) is 5.26 Å². The van der Waals surface area contributed by atoms with Gasteiger partial charge in [0.1, 0.15) is 4.66 Å². The first-order valence-electron chi connectivity index (χ1n) is 6.61. The van der Waals surface area contributed by atoms with Gasteiger partial charge in [-0.15, -0.1) is 11.3 Å². The van der Waals surface area contributed by atoms with Crippen molar-refractivity contribution in [3.05, 3.63) is 54.9 Å². The first-order chi connectivity index (χ1) is 10.5. The maximum atomic E-state index is 12.2. The third-order valence-electron chi connectivity index (χ3n) is 2.90. The van der Waals surface area contributed by atoms with E-state index in [2.05, 4.69) is 6.07 Å². The van der Waals surface area contributed by atoms with Gasteiger partial charge in [-0.25, -0.2) is 4.79 Å². The van der Waals surface area contributed by atoms with E-state index in [0.29, 0.717) is 14.8 Å². The van der Waals surface area contributed by atoms with Crippen molar-refractivity contribution < 1.29 is 9.53 Å². The van der Waals surface area contributed by atoms with Gasteiger partial charge >= 0.3 is 5.97 Å². The monoisotopic (exact) mass is 314 g/mol. The second-order valence-electron chi connectivity index (χ2n) is 4.45. The number of aromatic nitrogens is 1. The zero-order chi connectivity index (χ0) is 16.1. The van der Waals surface area contributed by atoms with Gasteiger partial charge in [0, 0.05) is 7.05 Å². The number of benzene rings is 1. The number of nitrogens with zero attached hydrogens (tertiary/aromatic N) is 2. The molecular weight excluding hydrogens is 300 g/mol. The molecule has 0 fully saturated rings. The summed E-state index contributed by atoms with van der Waals surface area (Å²) in [5.41, 5.74) is 1.10. The predicted octanol–water partition coefficient (Wildman–Crippen LogP) is 0.491. The van der Waals surface area contributed by atoms with E-state index in [1.807, 2.05) is 6.07 Å². The molecule has 0 spiro atoms. The Labute approximate surface area is 131 Å². The highest BCUT2D eigenvalue weighted by atomic mass is 32.1. The lowest BCUT2D eigenvalue weighted by molar-refractivity contribution is -0.135. The van der Waals surface area contributed by atoms with Gasteiger partial charge in [-0.05, 0) is 30.7 Å². The van der Waals surface area contributed by atoms with Crippen molar-refractivity contribution in [2.75, 3.05) is 6.61 Å².